The summed E-state index contributed by atoms with van der Waals surface area (Å²) >= 11 is 0. The molecule has 0 spiro atoms. The maximum atomic E-state index is 11.9. The Morgan fingerprint density at radius 2 is 1.94 bits per heavy atom. The molecular formula is C15H18N2O. The van der Waals surface area contributed by atoms with Gasteiger partial charge in [-0.15, -0.1) is 0 Å². The minimum absolute atomic E-state index is 0.0962. The summed E-state index contributed by atoms with van der Waals surface area (Å²) in [5.74, 6) is 0. The predicted octanol–water partition coefficient (Wildman–Crippen LogP) is 3.05. The van der Waals surface area contributed by atoms with Gasteiger partial charge in [0.25, 0.3) is 5.56 Å². The Hall–Kier alpha value is -1.90. The lowest BCUT2D eigenvalue weighted by Gasteiger charge is -2.10. The van der Waals surface area contributed by atoms with E-state index in [-0.39, 0.29) is 11.1 Å². The van der Waals surface area contributed by atoms with E-state index in [1.54, 1.807) is 6.21 Å². The zero-order valence-corrected chi connectivity index (χ0v) is 11.2. The van der Waals surface area contributed by atoms with Crippen molar-refractivity contribution in [2.45, 2.75) is 33.2 Å². The summed E-state index contributed by atoms with van der Waals surface area (Å²) in [6.45, 7) is 8.01. The molecule has 0 amide bonds. The van der Waals surface area contributed by atoms with Crippen molar-refractivity contribution in [1.82, 2.24) is 4.98 Å². The smallest absolute Gasteiger partial charge is 0.257 e. The number of pyridine rings is 1. The number of H-pyrrole nitrogens is 1. The standard InChI is InChI=1S/C15H18N2O/c1-10-5-6-11-8-12(9-16-15(2,3)4)14(18)17-13(11)7-10/h5-9H,1-4H3,(H,17,18). The Kier molecular flexibility index (Phi) is 3.07. The van der Waals surface area contributed by atoms with Crippen LogP contribution in [-0.2, 0) is 0 Å². The number of aliphatic imine (C=N–C) groups is 1. The number of hydrogen-bond acceptors (Lipinski definition) is 2. The molecule has 18 heavy (non-hydrogen) atoms. The highest BCUT2D eigenvalue weighted by molar-refractivity contribution is 5.88. The molecule has 0 saturated heterocycles. The van der Waals surface area contributed by atoms with E-state index >= 15 is 0 Å². The lowest BCUT2D eigenvalue weighted by Crippen LogP contribution is -2.15. The first-order valence-electron chi connectivity index (χ1n) is 6.04. The highest BCUT2D eigenvalue weighted by atomic mass is 16.1. The number of rotatable bonds is 1. The van der Waals surface area contributed by atoms with Crippen LogP contribution in [0.25, 0.3) is 10.9 Å². The fraction of sp³-hybridized carbons (Fsp3) is 0.333. The Bertz CT molecular complexity index is 660. The summed E-state index contributed by atoms with van der Waals surface area (Å²) in [6.07, 6.45) is 1.65. The van der Waals surface area contributed by atoms with Crippen LogP contribution in [0.2, 0.25) is 0 Å². The van der Waals surface area contributed by atoms with E-state index in [0.29, 0.717) is 5.56 Å². The topological polar surface area (TPSA) is 45.2 Å². The van der Waals surface area contributed by atoms with E-state index in [9.17, 15) is 4.79 Å². The molecule has 94 valence electrons. The molecule has 2 rings (SSSR count). The van der Waals surface area contributed by atoms with Gasteiger partial charge in [0.1, 0.15) is 0 Å². The van der Waals surface area contributed by atoms with Gasteiger partial charge in [-0.05, 0) is 50.8 Å². The van der Waals surface area contributed by atoms with E-state index in [0.717, 1.165) is 16.5 Å². The first-order valence-corrected chi connectivity index (χ1v) is 6.04. The van der Waals surface area contributed by atoms with Crippen LogP contribution in [0, 0.1) is 6.92 Å². The zero-order chi connectivity index (χ0) is 13.3. The van der Waals surface area contributed by atoms with Crippen molar-refractivity contribution in [2.24, 2.45) is 4.99 Å². The van der Waals surface area contributed by atoms with Gasteiger partial charge >= 0.3 is 0 Å². The Morgan fingerprint density at radius 1 is 1.22 bits per heavy atom. The van der Waals surface area contributed by atoms with Gasteiger partial charge < -0.3 is 4.98 Å². The van der Waals surface area contributed by atoms with Gasteiger partial charge in [0.2, 0.25) is 0 Å². The zero-order valence-electron chi connectivity index (χ0n) is 11.2. The van der Waals surface area contributed by atoms with Crippen LogP contribution in [0.3, 0.4) is 0 Å². The summed E-state index contributed by atoms with van der Waals surface area (Å²) in [5.41, 5.74) is 2.33. The predicted molar refractivity (Wildman–Crippen MR) is 76.7 cm³/mol. The van der Waals surface area contributed by atoms with Crippen molar-refractivity contribution in [3.63, 3.8) is 0 Å². The lowest BCUT2D eigenvalue weighted by atomic mass is 10.1. The second-order valence-electron chi connectivity index (χ2n) is 5.57. The van der Waals surface area contributed by atoms with Crippen molar-refractivity contribution in [2.75, 3.05) is 0 Å². The molecule has 0 aliphatic carbocycles. The second-order valence-corrected chi connectivity index (χ2v) is 5.57. The number of nitrogens with one attached hydrogen (secondary N) is 1. The maximum Gasteiger partial charge on any atom is 0.257 e. The molecule has 0 bridgehead atoms. The monoisotopic (exact) mass is 242 g/mol. The van der Waals surface area contributed by atoms with E-state index in [1.807, 2.05) is 52.0 Å². The molecule has 1 aromatic heterocycles. The van der Waals surface area contributed by atoms with Gasteiger partial charge in [0.15, 0.2) is 0 Å². The third kappa shape index (κ3) is 2.86. The molecular weight excluding hydrogens is 224 g/mol. The number of aromatic amines is 1. The fourth-order valence-electron chi connectivity index (χ4n) is 1.69. The Labute approximate surface area is 107 Å². The van der Waals surface area contributed by atoms with Crippen molar-refractivity contribution in [3.05, 3.63) is 45.7 Å². The van der Waals surface area contributed by atoms with Crippen molar-refractivity contribution < 1.29 is 0 Å². The molecule has 0 radical (unpaired) electrons. The van der Waals surface area contributed by atoms with Gasteiger partial charge in [-0.1, -0.05) is 12.1 Å². The fourth-order valence-corrected chi connectivity index (χ4v) is 1.69. The summed E-state index contributed by atoms with van der Waals surface area (Å²) in [7, 11) is 0. The molecule has 1 aromatic carbocycles. The lowest BCUT2D eigenvalue weighted by molar-refractivity contribution is 0.586. The quantitative estimate of drug-likeness (QED) is 0.767. The molecule has 0 atom stereocenters. The first-order chi connectivity index (χ1) is 8.35. The maximum absolute atomic E-state index is 11.9. The number of aryl methyl sites for hydroxylation is 1. The molecule has 2 aromatic rings. The third-order valence-corrected chi connectivity index (χ3v) is 2.62. The van der Waals surface area contributed by atoms with Gasteiger partial charge in [0.05, 0.1) is 11.1 Å². The second kappa shape index (κ2) is 4.41. The molecule has 0 aliphatic rings. The largest absolute Gasteiger partial charge is 0.321 e. The Morgan fingerprint density at radius 3 is 2.61 bits per heavy atom. The van der Waals surface area contributed by atoms with Crippen molar-refractivity contribution >= 4 is 17.1 Å². The van der Waals surface area contributed by atoms with Crippen LogP contribution in [0.1, 0.15) is 31.9 Å². The summed E-state index contributed by atoms with van der Waals surface area (Å²) in [4.78, 5) is 19.2. The highest BCUT2D eigenvalue weighted by Crippen LogP contribution is 2.13. The van der Waals surface area contributed by atoms with Gasteiger partial charge in [0, 0.05) is 11.7 Å². The number of fused-ring (bicyclic) bond motifs is 1. The van der Waals surface area contributed by atoms with Crippen molar-refractivity contribution in [3.8, 4) is 0 Å². The molecule has 0 fully saturated rings. The third-order valence-electron chi connectivity index (χ3n) is 2.62. The summed E-state index contributed by atoms with van der Waals surface area (Å²) < 4.78 is 0. The van der Waals surface area contributed by atoms with Crippen molar-refractivity contribution in [1.29, 1.82) is 0 Å². The van der Waals surface area contributed by atoms with Crippen LogP contribution in [-0.4, -0.2) is 16.7 Å². The van der Waals surface area contributed by atoms with Crippen LogP contribution < -0.4 is 5.56 Å². The number of benzene rings is 1. The van der Waals surface area contributed by atoms with E-state index < -0.39 is 0 Å². The van der Waals surface area contributed by atoms with Gasteiger partial charge in [-0.25, -0.2) is 0 Å². The number of nitrogens with zero attached hydrogens (tertiary/aromatic N) is 1. The highest BCUT2D eigenvalue weighted by Gasteiger charge is 2.06. The van der Waals surface area contributed by atoms with E-state index in [4.69, 9.17) is 0 Å². The van der Waals surface area contributed by atoms with E-state index in [2.05, 4.69) is 9.98 Å². The number of aromatic nitrogens is 1. The minimum atomic E-state index is -0.172. The van der Waals surface area contributed by atoms with Crippen LogP contribution in [0.5, 0.6) is 0 Å². The molecule has 0 aliphatic heterocycles. The molecule has 3 nitrogen and oxygen atoms in total. The van der Waals surface area contributed by atoms with Crippen LogP contribution >= 0.6 is 0 Å². The molecule has 0 unspecified atom stereocenters. The first kappa shape index (κ1) is 12.6. The molecule has 3 heteroatoms. The Balaban J connectivity index is 2.54. The SMILES string of the molecule is Cc1ccc2cc(C=NC(C)(C)C)c(=O)[nH]c2c1. The molecule has 0 saturated carbocycles. The van der Waals surface area contributed by atoms with Crippen LogP contribution in [0.15, 0.2) is 34.1 Å². The average molecular weight is 242 g/mol. The number of hydrogen-bond donors (Lipinski definition) is 1. The summed E-state index contributed by atoms with van der Waals surface area (Å²) in [5, 5.41) is 1.02. The minimum Gasteiger partial charge on any atom is -0.321 e. The van der Waals surface area contributed by atoms with Gasteiger partial charge in [-0.3, -0.25) is 9.79 Å². The molecule has 1 heterocycles. The van der Waals surface area contributed by atoms with E-state index in [1.165, 1.54) is 0 Å². The average Bonchev–Trinajstić information content (AvgIpc) is 2.25. The summed E-state index contributed by atoms with van der Waals surface area (Å²) in [6, 6.07) is 7.89. The molecule has 1 N–H and O–H groups in total. The van der Waals surface area contributed by atoms with Crippen LogP contribution in [0.4, 0.5) is 0 Å². The van der Waals surface area contributed by atoms with Gasteiger partial charge in [-0.2, -0.15) is 0 Å². The normalized spacial score (nSPS) is 12.4.